The summed E-state index contributed by atoms with van der Waals surface area (Å²) in [6, 6.07) is 9.76. The normalized spacial score (nSPS) is 11.9. The summed E-state index contributed by atoms with van der Waals surface area (Å²) in [7, 11) is 0. The predicted octanol–water partition coefficient (Wildman–Crippen LogP) is 3.59. The summed E-state index contributed by atoms with van der Waals surface area (Å²) in [5, 5.41) is 19.9. The van der Waals surface area contributed by atoms with Crippen LogP contribution >= 0.6 is 0 Å². The van der Waals surface area contributed by atoms with Crippen LogP contribution in [-0.4, -0.2) is 16.0 Å². The number of para-hydroxylation sites is 1. The second-order valence-electron chi connectivity index (χ2n) is 4.57. The first-order valence-electron chi connectivity index (χ1n) is 6.18. The van der Waals surface area contributed by atoms with Crippen molar-refractivity contribution < 1.29 is 19.2 Å². The highest BCUT2D eigenvalue weighted by Gasteiger charge is 2.20. The Bertz CT molecular complexity index is 715. The number of nitro groups is 1. The summed E-state index contributed by atoms with van der Waals surface area (Å²) >= 11 is 0. The van der Waals surface area contributed by atoms with Crippen LogP contribution in [0.1, 0.15) is 18.4 Å². The molecular weight excluding hydrogens is 277 g/mol. The molecule has 0 aliphatic rings. The van der Waals surface area contributed by atoms with Gasteiger partial charge in [0.2, 0.25) is 0 Å². The van der Waals surface area contributed by atoms with E-state index < -0.39 is 22.6 Å². The van der Waals surface area contributed by atoms with Gasteiger partial charge in [-0.25, -0.2) is 4.39 Å². The molecule has 5 nitrogen and oxygen atoms in total. The molecule has 0 amide bonds. The number of hydrogen-bond donors (Lipinski definition) is 1. The van der Waals surface area contributed by atoms with Gasteiger partial charge < -0.3 is 5.11 Å². The number of aliphatic carboxylic acids is 1. The molecule has 0 saturated heterocycles. The molecule has 0 radical (unpaired) electrons. The molecule has 6 heteroatoms. The zero-order valence-electron chi connectivity index (χ0n) is 11.1. The van der Waals surface area contributed by atoms with Crippen molar-refractivity contribution in [1.82, 2.24) is 0 Å². The standard InChI is InChI=1S/C15H12FNO4/c1-9(15(18)19)10-6-7-11(13(16)8-10)12-4-2-3-5-14(12)17(20)21/h2-9H,1H3,(H,18,19). The van der Waals surface area contributed by atoms with Crippen LogP contribution < -0.4 is 0 Å². The molecule has 0 heterocycles. The van der Waals surface area contributed by atoms with E-state index in [0.29, 0.717) is 5.56 Å². The number of benzene rings is 2. The molecular formula is C15H12FNO4. The predicted molar refractivity (Wildman–Crippen MR) is 74.5 cm³/mol. The fraction of sp³-hybridized carbons (Fsp3) is 0.133. The third-order valence-corrected chi connectivity index (χ3v) is 3.25. The molecule has 0 spiro atoms. The lowest BCUT2D eigenvalue weighted by Crippen LogP contribution is -2.07. The monoisotopic (exact) mass is 289 g/mol. The Balaban J connectivity index is 2.52. The second-order valence-corrected chi connectivity index (χ2v) is 4.57. The molecule has 0 bridgehead atoms. The maximum Gasteiger partial charge on any atom is 0.310 e. The molecule has 0 aromatic heterocycles. The van der Waals surface area contributed by atoms with Gasteiger partial charge >= 0.3 is 5.97 Å². The molecule has 1 unspecified atom stereocenters. The van der Waals surface area contributed by atoms with Crippen LogP contribution in [-0.2, 0) is 4.79 Å². The lowest BCUT2D eigenvalue weighted by atomic mass is 9.96. The lowest BCUT2D eigenvalue weighted by Gasteiger charge is -2.09. The number of nitro benzene ring substituents is 1. The first kappa shape index (κ1) is 14.6. The van der Waals surface area contributed by atoms with Crippen molar-refractivity contribution in [3.63, 3.8) is 0 Å². The Labute approximate surface area is 119 Å². The van der Waals surface area contributed by atoms with Crippen LogP contribution in [0.15, 0.2) is 42.5 Å². The van der Waals surface area contributed by atoms with E-state index in [1.807, 2.05) is 0 Å². The molecule has 0 saturated carbocycles. The molecule has 0 fully saturated rings. The molecule has 0 aliphatic carbocycles. The summed E-state index contributed by atoms with van der Waals surface area (Å²) < 4.78 is 14.2. The van der Waals surface area contributed by atoms with E-state index in [2.05, 4.69) is 0 Å². The average molecular weight is 289 g/mol. The van der Waals surface area contributed by atoms with Crippen molar-refractivity contribution in [2.75, 3.05) is 0 Å². The molecule has 2 rings (SSSR count). The first-order chi connectivity index (χ1) is 9.91. The highest BCUT2D eigenvalue weighted by molar-refractivity contribution is 5.77. The van der Waals surface area contributed by atoms with Crippen LogP contribution in [0.4, 0.5) is 10.1 Å². The van der Waals surface area contributed by atoms with Crippen LogP contribution in [0.25, 0.3) is 11.1 Å². The quantitative estimate of drug-likeness (QED) is 0.689. The van der Waals surface area contributed by atoms with E-state index in [1.54, 1.807) is 6.07 Å². The van der Waals surface area contributed by atoms with Crippen molar-refractivity contribution in [2.45, 2.75) is 12.8 Å². The van der Waals surface area contributed by atoms with Crippen molar-refractivity contribution in [2.24, 2.45) is 0 Å². The van der Waals surface area contributed by atoms with Gasteiger partial charge in [-0.05, 0) is 24.6 Å². The number of rotatable bonds is 4. The number of hydrogen-bond acceptors (Lipinski definition) is 3. The minimum absolute atomic E-state index is 0.0728. The number of nitrogens with zero attached hydrogens (tertiary/aromatic N) is 1. The molecule has 2 aromatic carbocycles. The van der Waals surface area contributed by atoms with Crippen LogP contribution in [0.3, 0.4) is 0 Å². The van der Waals surface area contributed by atoms with Crippen molar-refractivity contribution in [1.29, 1.82) is 0 Å². The molecule has 2 aromatic rings. The zero-order valence-corrected chi connectivity index (χ0v) is 11.1. The van der Waals surface area contributed by atoms with Gasteiger partial charge in [-0.15, -0.1) is 0 Å². The van der Waals surface area contributed by atoms with E-state index in [1.165, 1.54) is 37.3 Å². The Kier molecular flexibility index (Phi) is 3.98. The minimum atomic E-state index is -1.06. The maximum atomic E-state index is 14.2. The summed E-state index contributed by atoms with van der Waals surface area (Å²) in [4.78, 5) is 21.3. The largest absolute Gasteiger partial charge is 0.481 e. The van der Waals surface area contributed by atoms with Gasteiger partial charge in [-0.1, -0.05) is 24.3 Å². The SMILES string of the molecule is CC(C(=O)O)c1ccc(-c2ccccc2[N+](=O)[O-])c(F)c1. The summed E-state index contributed by atoms with van der Waals surface area (Å²) in [5.41, 5.74) is 0.343. The Morgan fingerprint density at radius 2 is 1.90 bits per heavy atom. The van der Waals surface area contributed by atoms with Gasteiger partial charge in [0.1, 0.15) is 5.82 Å². The van der Waals surface area contributed by atoms with Gasteiger partial charge in [-0.2, -0.15) is 0 Å². The second kappa shape index (κ2) is 5.70. The van der Waals surface area contributed by atoms with Crippen LogP contribution in [0.2, 0.25) is 0 Å². The summed E-state index contributed by atoms with van der Waals surface area (Å²) in [5.74, 6) is -2.60. The van der Waals surface area contributed by atoms with E-state index in [-0.39, 0.29) is 16.8 Å². The third-order valence-electron chi connectivity index (χ3n) is 3.25. The summed E-state index contributed by atoms with van der Waals surface area (Å²) in [6.45, 7) is 1.45. The highest BCUT2D eigenvalue weighted by atomic mass is 19.1. The number of halogens is 1. The topological polar surface area (TPSA) is 80.4 Å². The molecule has 1 atom stereocenters. The molecule has 1 N–H and O–H groups in total. The third kappa shape index (κ3) is 2.89. The Morgan fingerprint density at radius 3 is 2.48 bits per heavy atom. The number of carboxylic acids is 1. The van der Waals surface area contributed by atoms with Gasteiger partial charge in [0.25, 0.3) is 5.69 Å². The van der Waals surface area contributed by atoms with E-state index >= 15 is 0 Å². The summed E-state index contributed by atoms with van der Waals surface area (Å²) in [6.07, 6.45) is 0. The van der Waals surface area contributed by atoms with E-state index in [0.717, 1.165) is 6.07 Å². The fourth-order valence-corrected chi connectivity index (χ4v) is 2.02. The maximum absolute atomic E-state index is 14.2. The first-order valence-corrected chi connectivity index (χ1v) is 6.18. The molecule has 21 heavy (non-hydrogen) atoms. The fourth-order valence-electron chi connectivity index (χ4n) is 2.02. The smallest absolute Gasteiger partial charge is 0.310 e. The molecule has 0 aliphatic heterocycles. The number of carboxylic acid groups (broad SMARTS) is 1. The zero-order chi connectivity index (χ0) is 15.6. The van der Waals surface area contributed by atoms with Crippen molar-refractivity contribution >= 4 is 11.7 Å². The van der Waals surface area contributed by atoms with Crippen molar-refractivity contribution in [3.05, 3.63) is 64.0 Å². The van der Waals surface area contributed by atoms with Crippen molar-refractivity contribution in [3.8, 4) is 11.1 Å². The average Bonchev–Trinajstić information content (AvgIpc) is 2.46. The minimum Gasteiger partial charge on any atom is -0.481 e. The Morgan fingerprint density at radius 1 is 1.24 bits per heavy atom. The molecule has 108 valence electrons. The Hall–Kier alpha value is -2.76. The van der Waals surface area contributed by atoms with E-state index in [4.69, 9.17) is 5.11 Å². The van der Waals surface area contributed by atoms with Crippen LogP contribution in [0.5, 0.6) is 0 Å². The van der Waals surface area contributed by atoms with Crippen LogP contribution in [0, 0.1) is 15.9 Å². The van der Waals surface area contributed by atoms with E-state index in [9.17, 15) is 19.3 Å². The van der Waals surface area contributed by atoms with Gasteiger partial charge in [0.05, 0.1) is 16.4 Å². The highest BCUT2D eigenvalue weighted by Crippen LogP contribution is 2.32. The number of carbonyl (C=O) groups is 1. The lowest BCUT2D eigenvalue weighted by molar-refractivity contribution is -0.384. The van der Waals surface area contributed by atoms with Gasteiger partial charge in [-0.3, -0.25) is 14.9 Å². The van der Waals surface area contributed by atoms with Gasteiger partial charge in [0, 0.05) is 11.6 Å². The van der Waals surface area contributed by atoms with Gasteiger partial charge in [0.15, 0.2) is 0 Å².